The van der Waals surface area contributed by atoms with Crippen LogP contribution in [-0.4, -0.2) is 27.8 Å². The number of hydrogen-bond donors (Lipinski definition) is 0. The predicted octanol–water partition coefficient (Wildman–Crippen LogP) is 3.67. The van der Waals surface area contributed by atoms with Crippen LogP contribution in [0.25, 0.3) is 0 Å². The van der Waals surface area contributed by atoms with Crippen LogP contribution in [0.2, 0.25) is 0 Å². The Hall–Kier alpha value is 0.0700. The van der Waals surface area contributed by atoms with E-state index in [4.69, 9.17) is 0 Å². The fraction of sp³-hybridized carbons (Fsp3) is 0.750. The van der Waals surface area contributed by atoms with E-state index in [2.05, 4.69) is 25.8 Å². The summed E-state index contributed by atoms with van der Waals surface area (Å²) >= 11 is 5.34. The van der Waals surface area contributed by atoms with Gasteiger partial charge < -0.3 is 0 Å². The van der Waals surface area contributed by atoms with Gasteiger partial charge in [0.1, 0.15) is 0 Å². The summed E-state index contributed by atoms with van der Waals surface area (Å²) in [6, 6.07) is 0.799. The van der Waals surface area contributed by atoms with E-state index in [1.807, 2.05) is 11.7 Å². The van der Waals surface area contributed by atoms with E-state index < -0.39 is 0 Å². The van der Waals surface area contributed by atoms with Crippen molar-refractivity contribution in [3.63, 3.8) is 0 Å². The normalized spacial score (nSPS) is 18.1. The molecule has 0 aliphatic heterocycles. The van der Waals surface area contributed by atoms with Gasteiger partial charge in [-0.05, 0) is 12.8 Å². The average molecular weight is 303 g/mol. The average Bonchev–Trinajstić information content (AvgIpc) is 2.83. The van der Waals surface area contributed by atoms with Gasteiger partial charge >= 0.3 is 0 Å². The van der Waals surface area contributed by atoms with Crippen molar-refractivity contribution in [3.8, 4) is 0 Å². The molecule has 0 N–H and O–H groups in total. The molecule has 0 radical (unpaired) electrons. The second-order valence-electron chi connectivity index (χ2n) is 4.42. The maximum absolute atomic E-state index is 4.16. The van der Waals surface area contributed by atoms with Crippen molar-refractivity contribution < 1.29 is 0 Å². The van der Waals surface area contributed by atoms with Crippen LogP contribution in [0, 0.1) is 0 Å². The van der Waals surface area contributed by atoms with Gasteiger partial charge in [-0.15, -0.1) is 11.3 Å². The number of nitrogens with zero attached hydrogens (tertiary/aromatic N) is 2. The van der Waals surface area contributed by atoms with Gasteiger partial charge in [0, 0.05) is 35.5 Å². The third kappa shape index (κ3) is 3.54. The minimum absolute atomic E-state index is 0.799. The summed E-state index contributed by atoms with van der Waals surface area (Å²) in [5, 5.41) is 1.07. The van der Waals surface area contributed by atoms with Gasteiger partial charge in [0.15, 0.2) is 0 Å². The first kappa shape index (κ1) is 12.5. The molecule has 1 heterocycles. The van der Waals surface area contributed by atoms with Crippen LogP contribution in [-0.2, 0) is 6.54 Å². The van der Waals surface area contributed by atoms with E-state index >= 15 is 0 Å². The minimum atomic E-state index is 0.799. The molecular formula is C12H19BrN2S. The second-order valence-corrected chi connectivity index (χ2v) is 6.18. The quantitative estimate of drug-likeness (QED) is 0.772. The van der Waals surface area contributed by atoms with E-state index in [0.29, 0.717) is 0 Å². The highest BCUT2D eigenvalue weighted by atomic mass is 79.9. The van der Waals surface area contributed by atoms with Gasteiger partial charge in [-0.3, -0.25) is 9.88 Å². The lowest BCUT2D eigenvalue weighted by Gasteiger charge is -2.33. The standard InChI is InChI=1S/C12H19BrN2S/c13-6-7-15(9-12-8-14-10-16-12)11-4-2-1-3-5-11/h8,10-11H,1-7,9H2. The maximum atomic E-state index is 4.16. The molecule has 1 saturated carbocycles. The van der Waals surface area contributed by atoms with E-state index in [1.54, 1.807) is 11.3 Å². The summed E-state index contributed by atoms with van der Waals surface area (Å²) in [6.45, 7) is 2.24. The molecule has 0 unspecified atom stereocenters. The Kier molecular flexibility index (Phi) is 5.26. The molecule has 1 fully saturated rings. The van der Waals surface area contributed by atoms with Crippen molar-refractivity contribution in [2.45, 2.75) is 44.7 Å². The van der Waals surface area contributed by atoms with Gasteiger partial charge in [0.2, 0.25) is 0 Å². The zero-order chi connectivity index (χ0) is 11.2. The molecule has 2 rings (SSSR count). The third-order valence-electron chi connectivity index (χ3n) is 3.31. The number of alkyl halides is 1. The van der Waals surface area contributed by atoms with Crippen molar-refractivity contribution in [1.82, 2.24) is 9.88 Å². The molecule has 2 nitrogen and oxygen atoms in total. The molecule has 0 amide bonds. The zero-order valence-electron chi connectivity index (χ0n) is 9.57. The van der Waals surface area contributed by atoms with Crippen LogP contribution in [0.1, 0.15) is 37.0 Å². The first-order valence-corrected chi connectivity index (χ1v) is 8.07. The molecule has 4 heteroatoms. The first-order valence-electron chi connectivity index (χ1n) is 6.07. The molecular weight excluding hydrogens is 284 g/mol. The van der Waals surface area contributed by atoms with E-state index in [1.165, 1.54) is 37.0 Å². The molecule has 1 aromatic rings. The molecule has 0 atom stereocenters. The highest BCUT2D eigenvalue weighted by molar-refractivity contribution is 9.09. The minimum Gasteiger partial charge on any atom is -0.294 e. The number of thiazole rings is 1. The largest absolute Gasteiger partial charge is 0.294 e. The Labute approximate surface area is 110 Å². The summed E-state index contributed by atoms with van der Waals surface area (Å²) < 4.78 is 0. The molecule has 1 aliphatic carbocycles. The molecule has 0 saturated heterocycles. The van der Waals surface area contributed by atoms with Crippen LogP contribution >= 0.6 is 27.3 Å². The Morgan fingerprint density at radius 2 is 2.19 bits per heavy atom. The van der Waals surface area contributed by atoms with Gasteiger partial charge in [0.05, 0.1) is 5.51 Å². The van der Waals surface area contributed by atoms with Crippen LogP contribution in [0.5, 0.6) is 0 Å². The lowest BCUT2D eigenvalue weighted by Crippen LogP contribution is -2.37. The second kappa shape index (κ2) is 6.72. The fourth-order valence-electron chi connectivity index (χ4n) is 2.47. The summed E-state index contributed by atoms with van der Waals surface area (Å²) in [6.07, 6.45) is 9.02. The highest BCUT2D eigenvalue weighted by Gasteiger charge is 2.20. The Bertz CT molecular complexity index is 283. The van der Waals surface area contributed by atoms with Crippen molar-refractivity contribution in [3.05, 3.63) is 16.6 Å². The van der Waals surface area contributed by atoms with Gasteiger partial charge in [0.25, 0.3) is 0 Å². The van der Waals surface area contributed by atoms with Crippen molar-refractivity contribution in [1.29, 1.82) is 0 Å². The van der Waals surface area contributed by atoms with E-state index in [0.717, 1.165) is 24.5 Å². The predicted molar refractivity (Wildman–Crippen MR) is 73.2 cm³/mol. The topological polar surface area (TPSA) is 16.1 Å². The molecule has 90 valence electrons. The fourth-order valence-corrected chi connectivity index (χ4v) is 3.54. The number of halogens is 1. The van der Waals surface area contributed by atoms with E-state index in [9.17, 15) is 0 Å². The molecule has 0 spiro atoms. The Balaban J connectivity index is 1.92. The zero-order valence-corrected chi connectivity index (χ0v) is 12.0. The van der Waals surface area contributed by atoms with Crippen LogP contribution in [0.4, 0.5) is 0 Å². The van der Waals surface area contributed by atoms with Crippen LogP contribution in [0.15, 0.2) is 11.7 Å². The molecule has 1 aliphatic rings. The first-order chi connectivity index (χ1) is 7.90. The Morgan fingerprint density at radius 3 is 2.81 bits per heavy atom. The molecule has 1 aromatic heterocycles. The monoisotopic (exact) mass is 302 g/mol. The number of hydrogen-bond acceptors (Lipinski definition) is 3. The van der Waals surface area contributed by atoms with Gasteiger partial charge in [-0.2, -0.15) is 0 Å². The maximum Gasteiger partial charge on any atom is 0.0794 e. The van der Waals surface area contributed by atoms with Crippen LogP contribution < -0.4 is 0 Å². The smallest absolute Gasteiger partial charge is 0.0794 e. The lowest BCUT2D eigenvalue weighted by atomic mass is 9.94. The van der Waals surface area contributed by atoms with Gasteiger partial charge in [-0.25, -0.2) is 0 Å². The van der Waals surface area contributed by atoms with Crippen molar-refractivity contribution in [2.24, 2.45) is 0 Å². The summed E-state index contributed by atoms with van der Waals surface area (Å²) in [7, 11) is 0. The third-order valence-corrected chi connectivity index (χ3v) is 4.42. The van der Waals surface area contributed by atoms with Gasteiger partial charge in [-0.1, -0.05) is 35.2 Å². The summed E-state index contributed by atoms with van der Waals surface area (Å²) in [5.74, 6) is 0. The van der Waals surface area contributed by atoms with Crippen molar-refractivity contribution >= 4 is 27.3 Å². The SMILES string of the molecule is BrCCN(Cc1cncs1)C1CCCCC1. The number of rotatable bonds is 5. The summed E-state index contributed by atoms with van der Waals surface area (Å²) in [4.78, 5) is 8.18. The molecule has 0 bridgehead atoms. The lowest BCUT2D eigenvalue weighted by molar-refractivity contribution is 0.159. The van der Waals surface area contributed by atoms with E-state index in [-0.39, 0.29) is 0 Å². The summed E-state index contributed by atoms with van der Waals surface area (Å²) in [5.41, 5.74) is 1.93. The molecule has 16 heavy (non-hydrogen) atoms. The Morgan fingerprint density at radius 1 is 1.38 bits per heavy atom. The molecule has 0 aromatic carbocycles. The number of aromatic nitrogens is 1. The van der Waals surface area contributed by atoms with Crippen molar-refractivity contribution in [2.75, 3.05) is 11.9 Å². The highest BCUT2D eigenvalue weighted by Crippen LogP contribution is 2.24. The van der Waals surface area contributed by atoms with Crippen LogP contribution in [0.3, 0.4) is 0 Å².